The lowest BCUT2D eigenvalue weighted by Crippen LogP contribution is -2.43. The maximum Gasteiger partial charge on any atom is 0.337 e. The number of para-hydroxylation sites is 1. The van der Waals surface area contributed by atoms with Gasteiger partial charge in [-0.15, -0.1) is 5.10 Å². The predicted molar refractivity (Wildman–Crippen MR) is 135 cm³/mol. The molecule has 0 unspecified atom stereocenters. The molecular formula is C25H26ClN5O4S. The number of nitrogens with zero attached hydrogens (tertiary/aromatic N) is 3. The zero-order chi connectivity index (χ0) is 25.3. The number of hydrogen-bond acceptors (Lipinski definition) is 7. The largest absolute Gasteiger partial charge is 0.546 e. The van der Waals surface area contributed by atoms with Gasteiger partial charge in [0.05, 0.1) is 34.6 Å². The van der Waals surface area contributed by atoms with E-state index in [0.29, 0.717) is 22.4 Å². The minimum absolute atomic E-state index is 0.123. The smallest absolute Gasteiger partial charge is 0.337 e. The number of nitrogens with one attached hydrogen (secondary N) is 2. The molecule has 0 spiro atoms. The number of rotatable bonds is 10. The minimum atomic E-state index is -1.32. The number of carbonyl (C=O) groups is 2. The molecule has 188 valence electrons. The average Bonchev–Trinajstić information content (AvgIpc) is 3.32. The number of halogens is 1. The van der Waals surface area contributed by atoms with Crippen LogP contribution in [0.2, 0.25) is 5.02 Å². The molecular weight excluding hydrogens is 502 g/mol. The van der Waals surface area contributed by atoms with Crippen LogP contribution in [0.3, 0.4) is 0 Å². The Morgan fingerprint density at radius 3 is 2.69 bits per heavy atom. The van der Waals surface area contributed by atoms with E-state index in [9.17, 15) is 14.7 Å². The zero-order valence-corrected chi connectivity index (χ0v) is 21.1. The van der Waals surface area contributed by atoms with Crippen LogP contribution in [0.25, 0.3) is 11.4 Å². The number of carboxylic acid groups (broad SMARTS) is 1. The summed E-state index contributed by atoms with van der Waals surface area (Å²) in [6.45, 7) is -0.573. The average molecular weight is 528 g/mol. The molecule has 0 bridgehead atoms. The Morgan fingerprint density at radius 2 is 1.94 bits per heavy atom. The fraction of sp³-hybridized carbons (Fsp3) is 0.320. The number of aliphatic carboxylic acids is 1. The standard InChI is InChI=1S/C25H26ClN5O4S/c26-19-12-10-17(11-13-19)24-29-30-25(31(24)20-7-2-1-3-8-20)36-16-22(32)28-27-14-18-6-4-5-9-21(18)35-15-23(33)34/h4-6,9-14,20H,1-3,7-8,15-16H2,(H2,28,32,33,34). The highest BCUT2D eigenvalue weighted by Crippen LogP contribution is 2.29. The van der Waals surface area contributed by atoms with Crippen molar-refractivity contribution in [2.24, 2.45) is 5.10 Å². The zero-order valence-electron chi connectivity index (χ0n) is 19.5. The second kappa shape index (κ2) is 12.5. The van der Waals surface area contributed by atoms with Crippen LogP contribution < -0.4 is 19.8 Å². The quantitative estimate of drug-likeness (QED) is 0.181. The van der Waals surface area contributed by atoms with Crippen LogP contribution in [-0.4, -0.2) is 40.6 Å². The van der Waals surface area contributed by atoms with Gasteiger partial charge in [0.25, 0.3) is 11.7 Å². The third kappa shape index (κ3) is 6.86. The first-order valence-corrected chi connectivity index (χ1v) is 13.0. The van der Waals surface area contributed by atoms with Gasteiger partial charge in [0.15, 0.2) is 0 Å². The number of carbonyl (C=O) groups excluding carboxylic acids is 2. The van der Waals surface area contributed by atoms with Gasteiger partial charge < -0.3 is 14.6 Å². The molecule has 2 aromatic carbocycles. The molecule has 1 amide bonds. The summed E-state index contributed by atoms with van der Waals surface area (Å²) in [5.74, 6) is -0.273. The van der Waals surface area contributed by atoms with E-state index in [2.05, 4.69) is 25.3 Å². The molecule has 1 aromatic heterocycles. The second-order valence-corrected chi connectivity index (χ2v) is 9.68. The Kier molecular flexibility index (Phi) is 8.96. The summed E-state index contributed by atoms with van der Waals surface area (Å²) < 4.78 is 7.39. The van der Waals surface area contributed by atoms with Crippen molar-refractivity contribution >= 4 is 41.5 Å². The first-order chi connectivity index (χ1) is 17.5. The normalized spacial score (nSPS) is 14.1. The number of thioether (sulfide) groups is 1. The van der Waals surface area contributed by atoms with Crippen molar-refractivity contribution in [2.75, 3.05) is 12.4 Å². The van der Waals surface area contributed by atoms with Gasteiger partial charge >= 0.3 is 5.16 Å². The molecule has 0 aliphatic heterocycles. The van der Waals surface area contributed by atoms with E-state index in [1.54, 1.807) is 24.3 Å². The van der Waals surface area contributed by atoms with Gasteiger partial charge in [-0.2, -0.15) is 5.10 Å². The summed E-state index contributed by atoms with van der Waals surface area (Å²) >= 11 is 7.41. The molecule has 2 N–H and O–H groups in total. The van der Waals surface area contributed by atoms with Gasteiger partial charge in [0.1, 0.15) is 12.4 Å². The summed E-state index contributed by atoms with van der Waals surface area (Å²) in [7, 11) is 0. The Hall–Kier alpha value is -3.37. The van der Waals surface area contributed by atoms with E-state index < -0.39 is 12.6 Å². The maximum absolute atomic E-state index is 12.5. The van der Waals surface area contributed by atoms with Crippen molar-refractivity contribution < 1.29 is 24.0 Å². The monoisotopic (exact) mass is 527 g/mol. The molecule has 11 heteroatoms. The van der Waals surface area contributed by atoms with Crippen LogP contribution in [0.15, 0.2) is 58.8 Å². The van der Waals surface area contributed by atoms with Crippen LogP contribution in [0.5, 0.6) is 5.75 Å². The van der Waals surface area contributed by atoms with Crippen molar-refractivity contribution in [2.45, 2.75) is 43.3 Å². The molecule has 36 heavy (non-hydrogen) atoms. The Morgan fingerprint density at radius 1 is 1.19 bits per heavy atom. The summed E-state index contributed by atoms with van der Waals surface area (Å²) in [5, 5.41) is 23.7. The minimum Gasteiger partial charge on any atom is -0.546 e. The number of aromatic amines is 1. The number of hydrazone groups is 1. The first kappa shape index (κ1) is 25.7. The van der Waals surface area contributed by atoms with Crippen molar-refractivity contribution in [3.63, 3.8) is 0 Å². The Labute approximate surface area is 217 Å². The van der Waals surface area contributed by atoms with Gasteiger partial charge in [-0.25, -0.2) is 9.99 Å². The maximum atomic E-state index is 12.5. The molecule has 1 aliphatic carbocycles. The lowest BCUT2D eigenvalue weighted by Gasteiger charge is -2.21. The number of aromatic nitrogens is 3. The van der Waals surface area contributed by atoms with Crippen LogP contribution in [0.1, 0.15) is 43.7 Å². The summed E-state index contributed by atoms with van der Waals surface area (Å²) in [6, 6.07) is 14.7. The SMILES string of the molecule is O=C([O-])COc1ccccc1C=NNC(=O)CSc1n[nH]c(-c2ccc(Cl)cc2)[n+]1C1CCCCC1. The van der Waals surface area contributed by atoms with E-state index >= 15 is 0 Å². The molecule has 0 atom stereocenters. The number of H-pyrrole nitrogens is 1. The lowest BCUT2D eigenvalue weighted by molar-refractivity contribution is -0.749. The van der Waals surface area contributed by atoms with Crippen LogP contribution in [0, 0.1) is 0 Å². The number of amides is 1. The van der Waals surface area contributed by atoms with Crippen LogP contribution in [0.4, 0.5) is 0 Å². The Balaban J connectivity index is 1.42. The fourth-order valence-corrected chi connectivity index (χ4v) is 5.03. The van der Waals surface area contributed by atoms with E-state index in [1.165, 1.54) is 24.4 Å². The van der Waals surface area contributed by atoms with E-state index in [1.807, 2.05) is 24.3 Å². The molecule has 9 nitrogen and oxygen atoms in total. The topological polar surface area (TPSA) is 123 Å². The molecule has 1 fully saturated rings. The van der Waals surface area contributed by atoms with Gasteiger partial charge in [0.2, 0.25) is 0 Å². The highest BCUT2D eigenvalue weighted by atomic mass is 35.5. The van der Waals surface area contributed by atoms with Gasteiger partial charge in [-0.05, 0) is 73.8 Å². The number of ether oxygens (including phenoxy) is 1. The molecule has 1 aliphatic rings. The predicted octanol–water partition coefficient (Wildman–Crippen LogP) is 2.89. The van der Waals surface area contributed by atoms with Crippen molar-refractivity contribution in [3.8, 4) is 17.1 Å². The molecule has 0 saturated heterocycles. The molecule has 1 heterocycles. The van der Waals surface area contributed by atoms with Crippen LogP contribution >= 0.6 is 23.4 Å². The molecule has 1 saturated carbocycles. The van der Waals surface area contributed by atoms with Gasteiger partial charge in [-0.3, -0.25) is 4.79 Å². The first-order valence-electron chi connectivity index (χ1n) is 11.6. The third-order valence-electron chi connectivity index (χ3n) is 5.75. The summed E-state index contributed by atoms with van der Waals surface area (Å²) in [4.78, 5) is 23.1. The lowest BCUT2D eigenvalue weighted by atomic mass is 9.95. The summed E-state index contributed by atoms with van der Waals surface area (Å²) in [6.07, 6.45) is 7.09. The number of hydrogen-bond donors (Lipinski definition) is 2. The van der Waals surface area contributed by atoms with Gasteiger partial charge in [-0.1, -0.05) is 30.2 Å². The molecule has 0 radical (unpaired) electrons. The summed E-state index contributed by atoms with van der Waals surface area (Å²) in [5.41, 5.74) is 4.01. The van der Waals surface area contributed by atoms with Gasteiger partial charge in [0, 0.05) is 10.6 Å². The van der Waals surface area contributed by atoms with Crippen molar-refractivity contribution in [1.29, 1.82) is 0 Å². The highest BCUT2D eigenvalue weighted by Gasteiger charge is 2.30. The third-order valence-corrected chi connectivity index (χ3v) is 6.96. The fourth-order valence-electron chi connectivity index (χ4n) is 4.09. The van der Waals surface area contributed by atoms with Crippen molar-refractivity contribution in [1.82, 2.24) is 15.6 Å². The van der Waals surface area contributed by atoms with Crippen LogP contribution in [-0.2, 0) is 9.59 Å². The van der Waals surface area contributed by atoms with E-state index in [-0.39, 0.29) is 11.7 Å². The second-order valence-electron chi connectivity index (χ2n) is 8.30. The van der Waals surface area contributed by atoms with E-state index in [4.69, 9.17) is 16.3 Å². The molecule has 4 rings (SSSR count). The number of carboxylic acids is 1. The van der Waals surface area contributed by atoms with Crippen molar-refractivity contribution in [3.05, 3.63) is 59.1 Å². The Bertz CT molecular complexity index is 1230. The van der Waals surface area contributed by atoms with E-state index in [0.717, 1.165) is 42.2 Å². The number of benzene rings is 2. The highest BCUT2D eigenvalue weighted by molar-refractivity contribution is 7.99. The molecule has 3 aromatic rings.